The van der Waals surface area contributed by atoms with Crippen LogP contribution < -0.4 is 33.2 Å². The van der Waals surface area contributed by atoms with Gasteiger partial charge in [0.25, 0.3) is 0 Å². The molecule has 4 atom stereocenters. The lowest BCUT2D eigenvalue weighted by atomic mass is 10.0. The van der Waals surface area contributed by atoms with Gasteiger partial charge in [-0.25, -0.2) is 4.79 Å². The number of aliphatic imine (C=N–C) groups is 1. The molecule has 0 aromatic carbocycles. The largest absolute Gasteiger partial charge is 0.481 e. The number of rotatable bonds is 17. The molecular formula is C20H37N7O7S. The third-order valence-electron chi connectivity index (χ3n) is 4.71. The molecular weight excluding hydrogens is 482 g/mol. The lowest BCUT2D eigenvalue weighted by Gasteiger charge is -2.25. The maximum absolute atomic E-state index is 12.9. The number of carboxylic acids is 2. The van der Waals surface area contributed by atoms with Crippen LogP contribution in [0.25, 0.3) is 0 Å². The zero-order valence-electron chi connectivity index (χ0n) is 19.9. The van der Waals surface area contributed by atoms with Crippen molar-refractivity contribution in [2.24, 2.45) is 28.1 Å². The molecule has 0 fully saturated rings. The van der Waals surface area contributed by atoms with Crippen LogP contribution in [0.1, 0.15) is 46.0 Å². The summed E-state index contributed by atoms with van der Waals surface area (Å²) in [6.07, 6.45) is -0.243. The number of nitrogens with zero attached hydrogens (tertiary/aromatic N) is 1. The number of guanidine groups is 1. The van der Waals surface area contributed by atoms with E-state index in [9.17, 15) is 29.1 Å². The molecule has 0 saturated heterocycles. The van der Waals surface area contributed by atoms with Gasteiger partial charge in [0.15, 0.2) is 5.96 Å². The van der Waals surface area contributed by atoms with Gasteiger partial charge >= 0.3 is 11.9 Å². The Morgan fingerprint density at radius 1 is 0.886 bits per heavy atom. The molecule has 0 heterocycles. The summed E-state index contributed by atoms with van der Waals surface area (Å²) >= 11 is 3.92. The van der Waals surface area contributed by atoms with E-state index < -0.39 is 60.2 Å². The molecule has 11 N–H and O–H groups in total. The maximum Gasteiger partial charge on any atom is 0.326 e. The number of carboxylic acid groups (broad SMARTS) is 2. The third-order valence-corrected chi connectivity index (χ3v) is 5.11. The van der Waals surface area contributed by atoms with Gasteiger partial charge in [0.1, 0.15) is 18.1 Å². The minimum Gasteiger partial charge on any atom is -0.481 e. The summed E-state index contributed by atoms with van der Waals surface area (Å²) in [6.45, 7) is 3.73. The van der Waals surface area contributed by atoms with Gasteiger partial charge in [0.2, 0.25) is 17.7 Å². The molecule has 200 valence electrons. The van der Waals surface area contributed by atoms with Crippen LogP contribution in [0.2, 0.25) is 0 Å². The Labute approximate surface area is 209 Å². The minimum atomic E-state index is -1.30. The van der Waals surface area contributed by atoms with Gasteiger partial charge in [-0.15, -0.1) is 0 Å². The SMILES string of the molecule is CC(C)CC(NC(=O)C(CCCN=C(N)N)NC(=O)C(CCC(=O)O)NC(=O)C(N)CS)C(=O)O. The van der Waals surface area contributed by atoms with Crippen molar-refractivity contribution in [1.82, 2.24) is 16.0 Å². The van der Waals surface area contributed by atoms with Crippen LogP contribution in [-0.2, 0) is 24.0 Å². The van der Waals surface area contributed by atoms with Crippen LogP contribution >= 0.6 is 12.6 Å². The van der Waals surface area contributed by atoms with E-state index in [2.05, 4.69) is 33.6 Å². The number of carbonyl (C=O) groups is 5. The van der Waals surface area contributed by atoms with Gasteiger partial charge in [0.05, 0.1) is 6.04 Å². The molecule has 0 aliphatic carbocycles. The number of nitrogens with two attached hydrogens (primary N) is 3. The van der Waals surface area contributed by atoms with Crippen molar-refractivity contribution in [2.45, 2.75) is 70.1 Å². The highest BCUT2D eigenvalue weighted by Gasteiger charge is 2.30. The third kappa shape index (κ3) is 14.0. The highest BCUT2D eigenvalue weighted by Crippen LogP contribution is 2.08. The van der Waals surface area contributed by atoms with Crippen molar-refractivity contribution < 1.29 is 34.2 Å². The standard InChI is InChI=1S/C20H37N7O7S/c1-10(2)8-14(19(33)34)27-17(31)12(4-3-7-24-20(22)23)26-18(32)13(5-6-15(28)29)25-16(30)11(21)9-35/h10-14,35H,3-9,21H2,1-2H3,(H,25,30)(H,26,32)(H,27,31)(H,28,29)(H,33,34)(H4,22,23,24). The van der Waals surface area contributed by atoms with Crippen molar-refractivity contribution in [2.75, 3.05) is 12.3 Å². The topological polar surface area (TPSA) is 252 Å². The van der Waals surface area contributed by atoms with Gasteiger partial charge in [-0.05, 0) is 31.6 Å². The van der Waals surface area contributed by atoms with E-state index in [0.29, 0.717) is 0 Å². The van der Waals surface area contributed by atoms with Gasteiger partial charge < -0.3 is 43.4 Å². The van der Waals surface area contributed by atoms with Gasteiger partial charge in [-0.1, -0.05) is 13.8 Å². The molecule has 0 saturated carbocycles. The maximum atomic E-state index is 12.9. The van der Waals surface area contributed by atoms with Crippen molar-refractivity contribution in [1.29, 1.82) is 0 Å². The Morgan fingerprint density at radius 2 is 1.40 bits per heavy atom. The number of aliphatic carboxylic acids is 2. The van der Waals surface area contributed by atoms with Gasteiger partial charge in [0, 0.05) is 18.7 Å². The first-order chi connectivity index (χ1) is 16.3. The molecule has 15 heteroatoms. The zero-order valence-corrected chi connectivity index (χ0v) is 20.8. The van der Waals surface area contributed by atoms with Crippen LogP contribution in [0.5, 0.6) is 0 Å². The molecule has 14 nitrogen and oxygen atoms in total. The van der Waals surface area contributed by atoms with Gasteiger partial charge in [-0.3, -0.25) is 24.2 Å². The Balaban J connectivity index is 5.64. The molecule has 35 heavy (non-hydrogen) atoms. The summed E-state index contributed by atoms with van der Waals surface area (Å²) in [7, 11) is 0. The summed E-state index contributed by atoms with van der Waals surface area (Å²) in [6, 6.07) is -4.73. The van der Waals surface area contributed by atoms with Crippen LogP contribution in [-0.4, -0.2) is 82.3 Å². The minimum absolute atomic E-state index is 0.0125. The van der Waals surface area contributed by atoms with E-state index >= 15 is 0 Å². The van der Waals surface area contributed by atoms with E-state index in [1.54, 1.807) is 13.8 Å². The van der Waals surface area contributed by atoms with E-state index in [1.165, 1.54) is 0 Å². The molecule has 4 unspecified atom stereocenters. The van der Waals surface area contributed by atoms with Crippen molar-refractivity contribution in [3.8, 4) is 0 Å². The molecule has 0 spiro atoms. The number of hydrogen-bond donors (Lipinski definition) is 9. The Hall–Kier alpha value is -3.07. The average Bonchev–Trinajstić information content (AvgIpc) is 2.76. The molecule has 0 aromatic heterocycles. The molecule has 0 aliphatic heterocycles. The lowest BCUT2D eigenvalue weighted by Crippen LogP contribution is -2.57. The van der Waals surface area contributed by atoms with E-state index in [1.807, 2.05) is 0 Å². The number of carbonyl (C=O) groups excluding carboxylic acids is 3. The predicted molar refractivity (Wildman–Crippen MR) is 131 cm³/mol. The number of hydrogen-bond acceptors (Lipinski definition) is 8. The average molecular weight is 520 g/mol. The fourth-order valence-corrected chi connectivity index (χ4v) is 3.07. The first kappa shape index (κ1) is 31.9. The van der Waals surface area contributed by atoms with E-state index in [0.717, 1.165) is 0 Å². The zero-order chi connectivity index (χ0) is 27.1. The quantitative estimate of drug-likeness (QED) is 0.0431. The summed E-state index contributed by atoms with van der Waals surface area (Å²) in [5, 5.41) is 25.6. The van der Waals surface area contributed by atoms with E-state index in [-0.39, 0.29) is 49.9 Å². The Kier molecular flexibility index (Phi) is 15.1. The van der Waals surface area contributed by atoms with Crippen molar-refractivity contribution >= 4 is 48.2 Å². The summed E-state index contributed by atoms with van der Waals surface area (Å²) in [5.74, 6) is -4.93. The first-order valence-electron chi connectivity index (χ1n) is 11.1. The fraction of sp³-hybridized carbons (Fsp3) is 0.700. The van der Waals surface area contributed by atoms with Crippen molar-refractivity contribution in [3.05, 3.63) is 0 Å². The first-order valence-corrected chi connectivity index (χ1v) is 11.7. The van der Waals surface area contributed by atoms with Crippen LogP contribution in [0.4, 0.5) is 0 Å². The second kappa shape index (κ2) is 16.5. The van der Waals surface area contributed by atoms with Crippen LogP contribution in [0, 0.1) is 5.92 Å². The summed E-state index contributed by atoms with van der Waals surface area (Å²) < 4.78 is 0. The summed E-state index contributed by atoms with van der Waals surface area (Å²) in [4.78, 5) is 64.3. The molecule has 0 rings (SSSR count). The summed E-state index contributed by atoms with van der Waals surface area (Å²) in [5.41, 5.74) is 16.2. The van der Waals surface area contributed by atoms with E-state index in [4.69, 9.17) is 22.3 Å². The second-order valence-corrected chi connectivity index (χ2v) is 8.69. The lowest BCUT2D eigenvalue weighted by molar-refractivity contribution is -0.142. The van der Waals surface area contributed by atoms with Crippen molar-refractivity contribution in [3.63, 3.8) is 0 Å². The van der Waals surface area contributed by atoms with Crippen LogP contribution in [0.15, 0.2) is 4.99 Å². The molecule has 0 bridgehead atoms. The second-order valence-electron chi connectivity index (χ2n) is 8.32. The Bertz CT molecular complexity index is 775. The molecule has 0 aliphatic rings. The molecule has 3 amide bonds. The molecule has 0 radical (unpaired) electrons. The number of thiol groups is 1. The fourth-order valence-electron chi connectivity index (χ4n) is 2.91. The highest BCUT2D eigenvalue weighted by molar-refractivity contribution is 7.80. The monoisotopic (exact) mass is 519 g/mol. The number of amides is 3. The predicted octanol–water partition coefficient (Wildman–Crippen LogP) is -2.25. The van der Waals surface area contributed by atoms with Gasteiger partial charge in [-0.2, -0.15) is 12.6 Å². The molecule has 0 aromatic rings. The smallest absolute Gasteiger partial charge is 0.326 e. The number of nitrogens with one attached hydrogen (secondary N) is 3. The highest BCUT2D eigenvalue weighted by atomic mass is 32.1. The Morgan fingerprint density at radius 3 is 1.86 bits per heavy atom. The normalized spacial score (nSPS) is 14.2. The van der Waals surface area contributed by atoms with Crippen LogP contribution in [0.3, 0.4) is 0 Å².